The van der Waals surface area contributed by atoms with Gasteiger partial charge in [0.2, 0.25) is 0 Å². The van der Waals surface area contributed by atoms with Gasteiger partial charge in [0.1, 0.15) is 5.78 Å². The van der Waals surface area contributed by atoms with Crippen molar-refractivity contribution < 1.29 is 4.79 Å². The van der Waals surface area contributed by atoms with Crippen molar-refractivity contribution in [1.29, 1.82) is 0 Å². The molecule has 4 atom stereocenters. The van der Waals surface area contributed by atoms with E-state index in [1.165, 1.54) is 25.6 Å². The highest BCUT2D eigenvalue weighted by Gasteiger charge is 2.61. The van der Waals surface area contributed by atoms with Gasteiger partial charge in [0.15, 0.2) is 6.71 Å². The smallest absolute Gasteiger partial charge is 0.168 e. The number of fused-ring (bicyclic) bond motifs is 3. The van der Waals surface area contributed by atoms with Crippen LogP contribution in [0.2, 0.25) is 12.1 Å². The Bertz CT molecular complexity index is 346. The normalized spacial score (nSPS) is 45.8. The lowest BCUT2D eigenvalue weighted by Gasteiger charge is -2.43. The zero-order chi connectivity index (χ0) is 12.2. The van der Waals surface area contributed by atoms with Gasteiger partial charge in [-0.05, 0) is 38.6 Å². The van der Waals surface area contributed by atoms with Crippen LogP contribution < -0.4 is 5.73 Å². The molecule has 0 bridgehead atoms. The van der Waals surface area contributed by atoms with E-state index in [4.69, 9.17) is 5.73 Å². The molecule has 3 aliphatic rings. The molecule has 0 aromatic carbocycles. The van der Waals surface area contributed by atoms with Crippen LogP contribution in [0.4, 0.5) is 0 Å². The second kappa shape index (κ2) is 3.82. The van der Waals surface area contributed by atoms with Crippen LogP contribution in [0.3, 0.4) is 0 Å². The molecule has 1 aliphatic carbocycles. The quantitative estimate of drug-likeness (QED) is 0.700. The summed E-state index contributed by atoms with van der Waals surface area (Å²) in [6.07, 6.45) is 7.26. The highest BCUT2D eigenvalue weighted by atomic mass is 16.1. The molecule has 3 rings (SSSR count). The lowest BCUT2D eigenvalue weighted by Crippen LogP contribution is -2.56. The Morgan fingerprint density at radius 1 is 1.41 bits per heavy atom. The van der Waals surface area contributed by atoms with Crippen molar-refractivity contribution in [2.24, 2.45) is 11.7 Å². The van der Waals surface area contributed by atoms with Crippen LogP contribution in [-0.2, 0) is 4.79 Å². The lowest BCUT2D eigenvalue weighted by atomic mass is 9.36. The standard InChI is InChI=1S/C13H23BN2O/c1-9(17)10-6-8-14-11-5-3-4-7-13(11,15)16(2)12(10)14/h10-12H,3-8,15H2,1-2H3. The Kier molecular flexibility index (Phi) is 2.64. The van der Waals surface area contributed by atoms with Crippen LogP contribution >= 0.6 is 0 Å². The first-order chi connectivity index (χ1) is 8.05. The number of ketones is 1. The minimum absolute atomic E-state index is 0.109. The summed E-state index contributed by atoms with van der Waals surface area (Å²) in [6.45, 7) is 2.44. The number of carbonyl (C=O) groups excluding carboxylic acids is 1. The molecule has 2 heterocycles. The van der Waals surface area contributed by atoms with Gasteiger partial charge in [0.05, 0.1) is 5.66 Å². The highest BCUT2D eigenvalue weighted by Crippen LogP contribution is 2.53. The SMILES string of the molecule is CC(=O)C1CCB2C1N(C)C1(N)CCCCC21. The largest absolute Gasteiger partial charge is 0.314 e. The predicted octanol–water partition coefficient (Wildman–Crippen LogP) is 1.54. The summed E-state index contributed by atoms with van der Waals surface area (Å²) in [5.74, 6) is 1.68. The number of hydrogen-bond acceptors (Lipinski definition) is 3. The summed E-state index contributed by atoms with van der Waals surface area (Å²) in [6, 6.07) is 0. The van der Waals surface area contributed by atoms with Crippen molar-refractivity contribution in [2.45, 2.75) is 62.8 Å². The maximum Gasteiger partial charge on any atom is 0.168 e. The van der Waals surface area contributed by atoms with Crippen LogP contribution in [0.1, 0.15) is 39.0 Å². The third kappa shape index (κ3) is 1.46. The maximum atomic E-state index is 11.8. The molecule has 3 nitrogen and oxygen atoms in total. The number of nitrogens with zero attached hydrogens (tertiary/aromatic N) is 1. The molecule has 2 saturated heterocycles. The van der Waals surface area contributed by atoms with Gasteiger partial charge in [-0.25, -0.2) is 0 Å². The highest BCUT2D eigenvalue weighted by molar-refractivity contribution is 6.65. The zero-order valence-electron chi connectivity index (χ0n) is 11.0. The van der Waals surface area contributed by atoms with Crippen LogP contribution in [0, 0.1) is 5.92 Å². The molecular weight excluding hydrogens is 211 g/mol. The molecule has 0 spiro atoms. The van der Waals surface area contributed by atoms with Gasteiger partial charge in [0, 0.05) is 5.92 Å². The van der Waals surface area contributed by atoms with E-state index >= 15 is 0 Å². The van der Waals surface area contributed by atoms with Crippen LogP contribution in [0.15, 0.2) is 0 Å². The summed E-state index contributed by atoms with van der Waals surface area (Å²) in [7, 11) is 2.16. The molecule has 0 aromatic heterocycles. The summed E-state index contributed by atoms with van der Waals surface area (Å²) >= 11 is 0. The van der Waals surface area contributed by atoms with Gasteiger partial charge in [-0.1, -0.05) is 25.6 Å². The van der Waals surface area contributed by atoms with Crippen LogP contribution in [0.25, 0.3) is 0 Å². The van der Waals surface area contributed by atoms with Gasteiger partial charge in [-0.15, -0.1) is 0 Å². The average molecular weight is 234 g/mol. The Labute approximate surface area is 104 Å². The topological polar surface area (TPSA) is 46.3 Å². The molecule has 0 amide bonds. The fourth-order valence-electron chi connectivity index (χ4n) is 4.96. The summed E-state index contributed by atoms with van der Waals surface area (Å²) in [5.41, 5.74) is 6.57. The van der Waals surface area contributed by atoms with E-state index < -0.39 is 0 Å². The zero-order valence-corrected chi connectivity index (χ0v) is 11.0. The molecule has 0 radical (unpaired) electrons. The Morgan fingerprint density at radius 2 is 2.18 bits per heavy atom. The van der Waals surface area contributed by atoms with Gasteiger partial charge in [0.25, 0.3) is 0 Å². The molecule has 2 aliphatic heterocycles. The minimum atomic E-state index is -0.109. The van der Waals surface area contributed by atoms with Crippen molar-refractivity contribution in [3.05, 3.63) is 0 Å². The first-order valence-corrected chi connectivity index (χ1v) is 7.08. The van der Waals surface area contributed by atoms with Crippen molar-refractivity contribution >= 4 is 12.5 Å². The van der Waals surface area contributed by atoms with E-state index in [2.05, 4.69) is 11.9 Å². The average Bonchev–Trinajstić information content (AvgIpc) is 2.79. The summed E-state index contributed by atoms with van der Waals surface area (Å²) < 4.78 is 0. The van der Waals surface area contributed by atoms with Gasteiger partial charge >= 0.3 is 0 Å². The van der Waals surface area contributed by atoms with E-state index in [0.29, 0.717) is 24.3 Å². The van der Waals surface area contributed by atoms with E-state index in [1.807, 2.05) is 0 Å². The van der Waals surface area contributed by atoms with E-state index in [-0.39, 0.29) is 11.6 Å². The van der Waals surface area contributed by atoms with Gasteiger partial charge in [-0.2, -0.15) is 0 Å². The summed E-state index contributed by atoms with van der Waals surface area (Å²) in [5, 5.41) is 0. The third-order valence-electron chi connectivity index (χ3n) is 5.79. The van der Waals surface area contributed by atoms with E-state index in [1.54, 1.807) is 6.92 Å². The molecule has 94 valence electrons. The molecule has 17 heavy (non-hydrogen) atoms. The number of hydrogen-bond donors (Lipinski definition) is 1. The molecule has 4 heteroatoms. The second-order valence-electron chi connectivity index (χ2n) is 6.40. The monoisotopic (exact) mass is 234 g/mol. The van der Waals surface area contributed by atoms with E-state index in [9.17, 15) is 4.79 Å². The third-order valence-corrected chi connectivity index (χ3v) is 5.79. The fourth-order valence-corrected chi connectivity index (χ4v) is 4.96. The van der Waals surface area contributed by atoms with Crippen molar-refractivity contribution in [1.82, 2.24) is 4.90 Å². The van der Waals surface area contributed by atoms with Crippen molar-refractivity contribution in [3.63, 3.8) is 0 Å². The number of carbonyl (C=O) groups is 1. The van der Waals surface area contributed by atoms with Crippen LogP contribution in [-0.4, -0.2) is 36.0 Å². The Hall–Kier alpha value is -0.345. The first kappa shape index (κ1) is 11.7. The van der Waals surface area contributed by atoms with Crippen molar-refractivity contribution in [2.75, 3.05) is 7.05 Å². The van der Waals surface area contributed by atoms with Crippen molar-refractivity contribution in [3.8, 4) is 0 Å². The molecule has 0 aromatic rings. The Morgan fingerprint density at radius 3 is 2.88 bits per heavy atom. The summed E-state index contributed by atoms with van der Waals surface area (Å²) in [4.78, 5) is 14.2. The van der Waals surface area contributed by atoms with Crippen LogP contribution in [0.5, 0.6) is 0 Å². The molecule has 2 N–H and O–H groups in total. The Balaban J connectivity index is 1.93. The minimum Gasteiger partial charge on any atom is -0.314 e. The second-order valence-corrected chi connectivity index (χ2v) is 6.40. The predicted molar refractivity (Wildman–Crippen MR) is 70.0 cm³/mol. The molecular formula is C13H23BN2O. The first-order valence-electron chi connectivity index (χ1n) is 7.08. The maximum absolute atomic E-state index is 11.8. The number of nitrogens with two attached hydrogens (primary N) is 1. The molecule has 1 saturated carbocycles. The lowest BCUT2D eigenvalue weighted by molar-refractivity contribution is -0.122. The number of rotatable bonds is 1. The van der Waals surface area contributed by atoms with Gasteiger partial charge in [-0.3, -0.25) is 9.69 Å². The fraction of sp³-hybridized carbons (Fsp3) is 0.923. The van der Waals surface area contributed by atoms with E-state index in [0.717, 1.165) is 12.8 Å². The van der Waals surface area contributed by atoms with Gasteiger partial charge < -0.3 is 5.73 Å². The number of Topliss-reactive ketones (excluding diaryl/α,β-unsaturated/α-hetero) is 1. The molecule has 4 unspecified atom stereocenters. The molecule has 3 fully saturated rings.